The Bertz CT molecular complexity index is 1020. The molecular formula is C19H17F3N4O3. The Hall–Kier alpha value is -3.40. The third kappa shape index (κ3) is 5.79. The highest BCUT2D eigenvalue weighted by Gasteiger charge is 2.31. The quantitative estimate of drug-likeness (QED) is 0.581. The van der Waals surface area contributed by atoms with Crippen molar-refractivity contribution in [2.24, 2.45) is 0 Å². The fourth-order valence-corrected chi connectivity index (χ4v) is 2.57. The van der Waals surface area contributed by atoms with Gasteiger partial charge in [0.05, 0.1) is 6.10 Å². The first kappa shape index (κ1) is 20.3. The Morgan fingerprint density at radius 2 is 1.93 bits per heavy atom. The van der Waals surface area contributed by atoms with Crippen LogP contribution in [0.15, 0.2) is 53.5 Å². The van der Waals surface area contributed by atoms with Gasteiger partial charge in [0.2, 0.25) is 0 Å². The molecule has 3 aromatic rings. The number of hydrogen-bond acceptors (Lipinski definition) is 6. The van der Waals surface area contributed by atoms with Crippen molar-refractivity contribution in [2.75, 3.05) is 11.9 Å². The second kappa shape index (κ2) is 8.31. The molecule has 29 heavy (non-hydrogen) atoms. The molecule has 10 heteroatoms. The molecule has 2 aromatic heterocycles. The largest absolute Gasteiger partial charge is 0.573 e. The minimum absolute atomic E-state index is 0.0886. The van der Waals surface area contributed by atoms with Crippen LogP contribution < -0.4 is 15.6 Å². The molecule has 1 unspecified atom stereocenters. The molecule has 0 radical (unpaired) electrons. The predicted octanol–water partition coefficient (Wildman–Crippen LogP) is 3.18. The summed E-state index contributed by atoms with van der Waals surface area (Å²) in [6, 6.07) is 9.72. The number of hydrogen-bond donors (Lipinski definition) is 3. The van der Waals surface area contributed by atoms with Crippen LogP contribution in [-0.2, 0) is 0 Å². The number of nitrogens with zero attached hydrogens (tertiary/aromatic N) is 2. The van der Waals surface area contributed by atoms with Crippen LogP contribution in [0.5, 0.6) is 5.75 Å². The molecule has 1 atom stereocenters. The van der Waals surface area contributed by atoms with Gasteiger partial charge in [-0.05, 0) is 36.8 Å². The molecule has 0 spiro atoms. The van der Waals surface area contributed by atoms with Crippen LogP contribution in [0.2, 0.25) is 0 Å². The molecule has 0 bridgehead atoms. The summed E-state index contributed by atoms with van der Waals surface area (Å²) >= 11 is 0. The summed E-state index contributed by atoms with van der Waals surface area (Å²) in [7, 11) is 0. The number of aliphatic hydroxyl groups is 1. The number of aryl methyl sites for hydroxylation is 1. The highest BCUT2D eigenvalue weighted by atomic mass is 19.4. The summed E-state index contributed by atoms with van der Waals surface area (Å²) in [6.07, 6.45) is -4.21. The molecule has 0 fully saturated rings. The fraction of sp³-hybridized carbons (Fsp3) is 0.211. The molecule has 0 aliphatic carbocycles. The second-order valence-electron chi connectivity index (χ2n) is 6.18. The van der Waals surface area contributed by atoms with Gasteiger partial charge in [-0.25, -0.2) is 9.97 Å². The molecule has 3 N–H and O–H groups in total. The average Bonchev–Trinajstić information content (AvgIpc) is 2.65. The van der Waals surface area contributed by atoms with Crippen molar-refractivity contribution in [2.45, 2.75) is 19.4 Å². The number of halogens is 3. The van der Waals surface area contributed by atoms with E-state index >= 15 is 0 Å². The van der Waals surface area contributed by atoms with E-state index < -0.39 is 12.5 Å². The summed E-state index contributed by atoms with van der Waals surface area (Å²) in [5.74, 6) is 0.511. The van der Waals surface area contributed by atoms with Crippen LogP contribution in [0, 0.1) is 6.92 Å². The van der Waals surface area contributed by atoms with E-state index in [9.17, 15) is 23.1 Å². The lowest BCUT2D eigenvalue weighted by molar-refractivity contribution is -0.274. The second-order valence-corrected chi connectivity index (χ2v) is 6.18. The highest BCUT2D eigenvalue weighted by Crippen LogP contribution is 2.24. The number of rotatable bonds is 6. The van der Waals surface area contributed by atoms with Crippen molar-refractivity contribution >= 4 is 5.82 Å². The number of nitrogens with one attached hydrogen (secondary N) is 2. The molecule has 0 saturated heterocycles. The predicted molar refractivity (Wildman–Crippen MR) is 99.4 cm³/mol. The lowest BCUT2D eigenvalue weighted by Gasteiger charge is -2.14. The molecule has 3 rings (SSSR count). The summed E-state index contributed by atoms with van der Waals surface area (Å²) in [4.78, 5) is 22.6. The first-order valence-corrected chi connectivity index (χ1v) is 8.52. The van der Waals surface area contributed by atoms with Crippen LogP contribution in [0.4, 0.5) is 19.0 Å². The molecule has 0 saturated carbocycles. The number of anilines is 1. The van der Waals surface area contributed by atoms with Gasteiger partial charge >= 0.3 is 6.36 Å². The number of aromatic nitrogens is 3. The number of aliphatic hydroxyl groups excluding tert-OH is 1. The third-order valence-electron chi connectivity index (χ3n) is 3.88. The summed E-state index contributed by atoms with van der Waals surface area (Å²) in [5, 5.41) is 13.1. The van der Waals surface area contributed by atoms with E-state index in [1.54, 1.807) is 19.1 Å². The van der Waals surface area contributed by atoms with E-state index in [4.69, 9.17) is 0 Å². The number of H-pyrrole nitrogens is 1. The van der Waals surface area contributed by atoms with E-state index in [0.29, 0.717) is 28.5 Å². The molecule has 152 valence electrons. The Kier molecular flexibility index (Phi) is 5.83. The minimum Gasteiger partial charge on any atom is -0.406 e. The van der Waals surface area contributed by atoms with Crippen molar-refractivity contribution in [3.63, 3.8) is 0 Å². The van der Waals surface area contributed by atoms with Gasteiger partial charge in [-0.3, -0.25) is 4.79 Å². The number of alkyl halides is 3. The monoisotopic (exact) mass is 406 g/mol. The zero-order valence-corrected chi connectivity index (χ0v) is 15.2. The van der Waals surface area contributed by atoms with Gasteiger partial charge in [0.1, 0.15) is 17.4 Å². The SMILES string of the molecule is Cc1cc(=O)[nH]c(-c2ccc(NCC(O)c3ccc(OC(F)(F)F)cc3)nc2)n1. The molecule has 1 aromatic carbocycles. The average molecular weight is 406 g/mol. The van der Waals surface area contributed by atoms with Gasteiger partial charge in [-0.2, -0.15) is 0 Å². The standard InChI is InChI=1S/C19H17F3N4O3/c1-11-8-17(28)26-18(25-11)13-4-7-16(23-9-13)24-10-15(27)12-2-5-14(6-3-12)29-19(20,21)22/h2-9,15,27H,10H2,1H3,(H,23,24)(H,25,26,28). The van der Waals surface area contributed by atoms with Crippen LogP contribution in [0.3, 0.4) is 0 Å². The maximum absolute atomic E-state index is 12.2. The number of pyridine rings is 1. The van der Waals surface area contributed by atoms with Gasteiger partial charge in [-0.15, -0.1) is 13.2 Å². The molecular weight excluding hydrogens is 389 g/mol. The van der Waals surface area contributed by atoms with Crippen molar-refractivity contribution < 1.29 is 23.0 Å². The zero-order valence-electron chi connectivity index (χ0n) is 15.2. The first-order valence-electron chi connectivity index (χ1n) is 8.52. The molecule has 0 aliphatic rings. The van der Waals surface area contributed by atoms with Crippen LogP contribution in [0.1, 0.15) is 17.4 Å². The minimum atomic E-state index is -4.76. The van der Waals surface area contributed by atoms with Crippen molar-refractivity contribution in [3.8, 4) is 17.1 Å². The van der Waals surface area contributed by atoms with E-state index in [1.165, 1.54) is 24.4 Å². The topological polar surface area (TPSA) is 100 Å². The normalized spacial score (nSPS) is 12.4. The third-order valence-corrected chi connectivity index (χ3v) is 3.88. The fourth-order valence-electron chi connectivity index (χ4n) is 2.57. The van der Waals surface area contributed by atoms with E-state index in [0.717, 1.165) is 12.1 Å². The smallest absolute Gasteiger partial charge is 0.406 e. The molecule has 2 heterocycles. The van der Waals surface area contributed by atoms with E-state index in [1.807, 2.05) is 0 Å². The van der Waals surface area contributed by atoms with E-state index in [2.05, 4.69) is 25.0 Å². The van der Waals surface area contributed by atoms with Gasteiger partial charge in [0.15, 0.2) is 0 Å². The zero-order chi connectivity index (χ0) is 21.0. The summed E-state index contributed by atoms with van der Waals surface area (Å²) in [6.45, 7) is 1.80. The highest BCUT2D eigenvalue weighted by molar-refractivity contribution is 5.55. The maximum atomic E-state index is 12.2. The molecule has 0 aliphatic heterocycles. The lowest BCUT2D eigenvalue weighted by Crippen LogP contribution is -2.17. The van der Waals surface area contributed by atoms with Crippen molar-refractivity contribution in [3.05, 3.63) is 70.3 Å². The number of ether oxygens (including phenoxy) is 1. The first-order chi connectivity index (χ1) is 13.7. The Labute approximate surface area is 163 Å². The molecule has 0 amide bonds. The van der Waals surface area contributed by atoms with Gasteiger partial charge in [-0.1, -0.05) is 12.1 Å². The lowest BCUT2D eigenvalue weighted by atomic mass is 10.1. The van der Waals surface area contributed by atoms with Gasteiger partial charge in [0.25, 0.3) is 5.56 Å². The summed E-state index contributed by atoms with van der Waals surface area (Å²) in [5.41, 5.74) is 1.37. The van der Waals surface area contributed by atoms with Crippen molar-refractivity contribution in [1.82, 2.24) is 15.0 Å². The maximum Gasteiger partial charge on any atom is 0.573 e. The van der Waals surface area contributed by atoms with Gasteiger partial charge < -0.3 is 20.1 Å². The Balaban J connectivity index is 1.60. The Morgan fingerprint density at radius 3 is 2.52 bits per heavy atom. The van der Waals surface area contributed by atoms with Crippen LogP contribution in [-0.4, -0.2) is 33.0 Å². The van der Waals surface area contributed by atoms with Crippen molar-refractivity contribution in [1.29, 1.82) is 0 Å². The summed E-state index contributed by atoms with van der Waals surface area (Å²) < 4.78 is 40.3. The number of aromatic amines is 1. The van der Waals surface area contributed by atoms with Gasteiger partial charge in [0, 0.05) is 30.1 Å². The van der Waals surface area contributed by atoms with E-state index in [-0.39, 0.29) is 17.9 Å². The van der Waals surface area contributed by atoms with Crippen LogP contribution in [0.25, 0.3) is 11.4 Å². The number of benzene rings is 1. The Morgan fingerprint density at radius 1 is 1.21 bits per heavy atom. The molecule has 7 nitrogen and oxygen atoms in total. The van der Waals surface area contributed by atoms with Crippen LogP contribution >= 0.6 is 0 Å².